The molecule has 0 atom stereocenters. The van der Waals surface area contributed by atoms with Gasteiger partial charge in [-0.3, -0.25) is 4.79 Å². The minimum absolute atomic E-state index is 0.00827. The number of ketones is 1. The first-order valence-corrected chi connectivity index (χ1v) is 7.62. The van der Waals surface area contributed by atoms with E-state index in [1.54, 1.807) is 18.2 Å². The van der Waals surface area contributed by atoms with Gasteiger partial charge in [-0.2, -0.15) is 0 Å². The van der Waals surface area contributed by atoms with Crippen molar-refractivity contribution in [1.82, 2.24) is 0 Å². The fraction of sp³-hybridized carbons (Fsp3) is 0.375. The molecule has 0 aliphatic heterocycles. The largest absolute Gasteiger partial charge is 0.459 e. The quantitative estimate of drug-likeness (QED) is 0.355. The lowest BCUT2D eigenvalue weighted by atomic mass is 10.1. The number of benzene rings is 1. The summed E-state index contributed by atoms with van der Waals surface area (Å²) in [5.41, 5.74) is 0.517. The first-order chi connectivity index (χ1) is 9.99. The monoisotopic (exact) mass is 326 g/mol. The van der Waals surface area contributed by atoms with Gasteiger partial charge in [0.15, 0.2) is 5.78 Å². The van der Waals surface area contributed by atoms with Crippen LogP contribution in [0.5, 0.6) is 0 Å². The van der Waals surface area contributed by atoms with Gasteiger partial charge < -0.3 is 4.74 Å². The number of carbonyl (C=O) groups excluding carboxylic acids is 2. The van der Waals surface area contributed by atoms with Crippen molar-refractivity contribution in [2.45, 2.75) is 38.7 Å². The third-order valence-corrected chi connectivity index (χ3v) is 4.29. The zero-order valence-corrected chi connectivity index (χ0v) is 13.2. The molecule has 0 radical (unpaired) electrons. The van der Waals surface area contributed by atoms with Crippen molar-refractivity contribution >= 4 is 41.0 Å². The summed E-state index contributed by atoms with van der Waals surface area (Å²) in [4.78, 5) is 23.9. The van der Waals surface area contributed by atoms with Gasteiger partial charge in [0.25, 0.3) is 0 Å². The second-order valence-corrected chi connectivity index (χ2v) is 5.85. The summed E-state index contributed by atoms with van der Waals surface area (Å²) in [5.74, 6) is -0.945. The predicted octanol–water partition coefficient (Wildman–Crippen LogP) is 4.45. The fourth-order valence-corrected chi connectivity index (χ4v) is 2.68. The summed E-state index contributed by atoms with van der Waals surface area (Å²) in [5, 5.41) is 0.684. The van der Waals surface area contributed by atoms with Gasteiger partial charge in [-0.15, -0.1) is 0 Å². The maximum atomic E-state index is 12.2. The van der Waals surface area contributed by atoms with E-state index in [-0.39, 0.29) is 17.5 Å². The molecule has 1 saturated carbocycles. The zero-order valence-electron chi connectivity index (χ0n) is 11.7. The Morgan fingerprint density at radius 1 is 1.24 bits per heavy atom. The van der Waals surface area contributed by atoms with E-state index < -0.39 is 5.97 Å². The van der Waals surface area contributed by atoms with Crippen LogP contribution in [0, 0.1) is 0 Å². The maximum Gasteiger partial charge on any atom is 0.342 e. The Morgan fingerprint density at radius 2 is 1.90 bits per heavy atom. The van der Waals surface area contributed by atoms with Gasteiger partial charge in [-0.1, -0.05) is 35.3 Å². The molecule has 21 heavy (non-hydrogen) atoms. The second kappa shape index (κ2) is 7.10. The van der Waals surface area contributed by atoms with E-state index in [4.69, 9.17) is 27.9 Å². The van der Waals surface area contributed by atoms with E-state index >= 15 is 0 Å². The van der Waals surface area contributed by atoms with Crippen LogP contribution in [0.25, 0.3) is 6.08 Å². The summed E-state index contributed by atoms with van der Waals surface area (Å²) in [6.45, 7) is 1.33. The summed E-state index contributed by atoms with van der Waals surface area (Å²) in [7, 11) is 0. The first-order valence-electron chi connectivity index (χ1n) is 6.86. The van der Waals surface area contributed by atoms with Crippen molar-refractivity contribution in [1.29, 1.82) is 0 Å². The number of ether oxygens (including phenoxy) is 1. The van der Waals surface area contributed by atoms with E-state index in [2.05, 4.69) is 0 Å². The lowest BCUT2D eigenvalue weighted by molar-refractivity contribution is -0.144. The number of hydrogen-bond donors (Lipinski definition) is 0. The highest BCUT2D eigenvalue weighted by Gasteiger charge is 2.23. The van der Waals surface area contributed by atoms with Gasteiger partial charge in [0.1, 0.15) is 11.7 Å². The van der Waals surface area contributed by atoms with Crippen molar-refractivity contribution in [2.24, 2.45) is 0 Å². The van der Waals surface area contributed by atoms with E-state index in [1.807, 2.05) is 0 Å². The van der Waals surface area contributed by atoms with Crippen LogP contribution < -0.4 is 0 Å². The molecule has 0 heterocycles. The van der Waals surface area contributed by atoms with Crippen LogP contribution in [0.1, 0.15) is 38.2 Å². The number of carbonyl (C=O) groups is 2. The van der Waals surface area contributed by atoms with E-state index in [0.717, 1.165) is 25.7 Å². The van der Waals surface area contributed by atoms with Gasteiger partial charge in [-0.25, -0.2) is 4.79 Å². The van der Waals surface area contributed by atoms with Crippen LogP contribution in [0.15, 0.2) is 23.8 Å². The molecule has 0 spiro atoms. The minimum Gasteiger partial charge on any atom is -0.459 e. The molecule has 1 aliphatic rings. The molecule has 3 nitrogen and oxygen atoms in total. The molecule has 0 aromatic heterocycles. The predicted molar refractivity (Wildman–Crippen MR) is 83.5 cm³/mol. The molecule has 0 N–H and O–H groups in total. The Balaban J connectivity index is 2.25. The highest BCUT2D eigenvalue weighted by Crippen LogP contribution is 2.28. The van der Waals surface area contributed by atoms with Crippen LogP contribution >= 0.6 is 23.2 Å². The van der Waals surface area contributed by atoms with Crippen molar-refractivity contribution in [3.63, 3.8) is 0 Å². The van der Waals surface area contributed by atoms with Crippen molar-refractivity contribution in [3.8, 4) is 0 Å². The molecule has 1 aromatic rings. The Kier molecular flexibility index (Phi) is 5.43. The zero-order chi connectivity index (χ0) is 15.4. The number of esters is 1. The summed E-state index contributed by atoms with van der Waals surface area (Å²) >= 11 is 12.0. The summed E-state index contributed by atoms with van der Waals surface area (Å²) in [6, 6.07) is 5.05. The molecule has 1 aliphatic carbocycles. The van der Waals surface area contributed by atoms with E-state index in [1.165, 1.54) is 13.0 Å². The SMILES string of the molecule is CC(=O)/C(=C/c1cccc(Cl)c1Cl)C(=O)OC1CCCC1. The van der Waals surface area contributed by atoms with Gasteiger partial charge >= 0.3 is 5.97 Å². The van der Waals surface area contributed by atoms with Crippen LogP contribution in [0.2, 0.25) is 10.0 Å². The summed E-state index contributed by atoms with van der Waals surface area (Å²) in [6.07, 6.45) is 5.17. The highest BCUT2D eigenvalue weighted by molar-refractivity contribution is 6.43. The number of hydrogen-bond acceptors (Lipinski definition) is 3. The molecular formula is C16H16Cl2O3. The number of rotatable bonds is 4. The number of Topliss-reactive ketones (excluding diaryl/α,β-unsaturated/α-hetero) is 1. The average Bonchev–Trinajstić information content (AvgIpc) is 2.92. The molecule has 1 aromatic carbocycles. The lowest BCUT2D eigenvalue weighted by Gasteiger charge is -2.12. The molecule has 112 valence electrons. The number of halogens is 2. The molecule has 5 heteroatoms. The van der Waals surface area contributed by atoms with Crippen molar-refractivity contribution in [2.75, 3.05) is 0 Å². The van der Waals surface area contributed by atoms with Crippen molar-refractivity contribution < 1.29 is 14.3 Å². The van der Waals surface area contributed by atoms with Gasteiger partial charge in [0.2, 0.25) is 0 Å². The van der Waals surface area contributed by atoms with Crippen LogP contribution in [-0.2, 0) is 14.3 Å². The average molecular weight is 327 g/mol. The Hall–Kier alpha value is -1.32. The Labute approximate surface area is 133 Å². The Bertz CT molecular complexity index is 587. The van der Waals surface area contributed by atoms with Crippen LogP contribution in [0.4, 0.5) is 0 Å². The second-order valence-electron chi connectivity index (χ2n) is 5.07. The van der Waals surface area contributed by atoms with Crippen LogP contribution in [0.3, 0.4) is 0 Å². The lowest BCUT2D eigenvalue weighted by Crippen LogP contribution is -2.19. The molecule has 2 rings (SSSR count). The molecule has 0 unspecified atom stereocenters. The maximum absolute atomic E-state index is 12.2. The molecule has 0 saturated heterocycles. The van der Waals surface area contributed by atoms with Crippen LogP contribution in [-0.4, -0.2) is 17.9 Å². The molecule has 1 fully saturated rings. The molecule has 0 bridgehead atoms. The standard InChI is InChI=1S/C16H16Cl2O3/c1-10(19)13(16(20)21-12-6-2-3-7-12)9-11-5-4-8-14(17)15(11)18/h4-5,8-9,12H,2-3,6-7H2,1H3/b13-9-. The highest BCUT2D eigenvalue weighted by atomic mass is 35.5. The van der Waals surface area contributed by atoms with Crippen molar-refractivity contribution in [3.05, 3.63) is 39.4 Å². The van der Waals surface area contributed by atoms with Gasteiger partial charge in [0.05, 0.1) is 10.0 Å². The van der Waals surface area contributed by atoms with Gasteiger partial charge in [0, 0.05) is 0 Å². The smallest absolute Gasteiger partial charge is 0.342 e. The minimum atomic E-state index is -0.592. The third kappa shape index (κ3) is 4.08. The molecule has 0 amide bonds. The fourth-order valence-electron chi connectivity index (χ4n) is 2.31. The normalized spacial score (nSPS) is 16.0. The topological polar surface area (TPSA) is 43.4 Å². The third-order valence-electron chi connectivity index (χ3n) is 3.46. The molecular weight excluding hydrogens is 311 g/mol. The van der Waals surface area contributed by atoms with E-state index in [9.17, 15) is 9.59 Å². The summed E-state index contributed by atoms with van der Waals surface area (Å²) < 4.78 is 5.37. The van der Waals surface area contributed by atoms with Gasteiger partial charge in [-0.05, 0) is 50.3 Å². The van der Waals surface area contributed by atoms with E-state index in [0.29, 0.717) is 15.6 Å². The first kappa shape index (κ1) is 16.1. The Morgan fingerprint density at radius 3 is 2.52 bits per heavy atom.